The Morgan fingerprint density at radius 2 is 2.06 bits per heavy atom. The highest BCUT2D eigenvalue weighted by Gasteiger charge is 2.31. The van der Waals surface area contributed by atoms with E-state index in [0.717, 1.165) is 12.1 Å². The topological polar surface area (TPSA) is 62.4 Å². The fraction of sp³-hybridized carbons (Fsp3) is 0.545. The van der Waals surface area contributed by atoms with Gasteiger partial charge in [0.25, 0.3) is 0 Å². The summed E-state index contributed by atoms with van der Waals surface area (Å²) >= 11 is 0. The number of halogens is 3. The summed E-state index contributed by atoms with van der Waals surface area (Å²) in [6.07, 6.45) is -4.53. The Balaban J connectivity index is 2.92. The fourth-order valence-corrected chi connectivity index (χ4v) is 1.39. The van der Waals surface area contributed by atoms with E-state index < -0.39 is 17.8 Å². The van der Waals surface area contributed by atoms with E-state index in [1.807, 2.05) is 0 Å². The van der Waals surface area contributed by atoms with Crippen molar-refractivity contribution in [2.24, 2.45) is 0 Å². The van der Waals surface area contributed by atoms with Crippen molar-refractivity contribution in [3.8, 4) is 0 Å². The molecule has 0 fully saturated rings. The first-order valence-electron chi connectivity index (χ1n) is 5.44. The minimum absolute atomic E-state index is 0.142. The number of pyridine rings is 1. The molecule has 0 aliphatic rings. The SMILES string of the molecule is CC(O)CCN(C)c1cc(C(F)(F)F)cc(N)n1. The minimum atomic E-state index is -4.45. The highest BCUT2D eigenvalue weighted by Crippen LogP contribution is 2.32. The molecule has 0 spiro atoms. The van der Waals surface area contributed by atoms with Gasteiger partial charge >= 0.3 is 6.18 Å². The number of aliphatic hydroxyl groups is 1. The van der Waals surface area contributed by atoms with Crippen LogP contribution in [0.2, 0.25) is 0 Å². The Morgan fingerprint density at radius 3 is 2.56 bits per heavy atom. The van der Waals surface area contributed by atoms with Crippen LogP contribution in [0, 0.1) is 0 Å². The maximum atomic E-state index is 12.6. The van der Waals surface area contributed by atoms with E-state index in [1.54, 1.807) is 14.0 Å². The van der Waals surface area contributed by atoms with E-state index >= 15 is 0 Å². The third-order valence-corrected chi connectivity index (χ3v) is 2.43. The summed E-state index contributed by atoms with van der Waals surface area (Å²) in [4.78, 5) is 5.37. The molecule has 1 aromatic rings. The number of hydrogen-bond acceptors (Lipinski definition) is 4. The first kappa shape index (κ1) is 14.6. The molecule has 18 heavy (non-hydrogen) atoms. The second kappa shape index (κ2) is 5.43. The van der Waals surface area contributed by atoms with Gasteiger partial charge in [0.2, 0.25) is 0 Å². The van der Waals surface area contributed by atoms with Gasteiger partial charge in [-0.25, -0.2) is 4.98 Å². The molecule has 0 aliphatic heterocycles. The van der Waals surface area contributed by atoms with Crippen molar-refractivity contribution in [2.45, 2.75) is 25.6 Å². The summed E-state index contributed by atoms with van der Waals surface area (Å²) in [6.45, 7) is 2.01. The molecule has 0 aromatic carbocycles. The van der Waals surface area contributed by atoms with Crippen LogP contribution in [-0.4, -0.2) is 29.8 Å². The van der Waals surface area contributed by atoms with Crippen molar-refractivity contribution >= 4 is 11.6 Å². The second-order valence-corrected chi connectivity index (χ2v) is 4.20. The fourth-order valence-electron chi connectivity index (χ4n) is 1.39. The number of aromatic nitrogens is 1. The first-order chi connectivity index (χ1) is 8.20. The Hall–Kier alpha value is -1.50. The Bertz CT molecular complexity index is 407. The number of alkyl halides is 3. The van der Waals surface area contributed by atoms with E-state index in [4.69, 9.17) is 10.8 Å². The first-order valence-corrected chi connectivity index (χ1v) is 5.44. The molecule has 1 heterocycles. The van der Waals surface area contributed by atoms with E-state index in [-0.39, 0.29) is 11.6 Å². The van der Waals surface area contributed by atoms with Gasteiger partial charge in [-0.3, -0.25) is 0 Å². The van der Waals surface area contributed by atoms with Gasteiger partial charge in [0.05, 0.1) is 11.7 Å². The van der Waals surface area contributed by atoms with E-state index in [2.05, 4.69) is 4.98 Å². The van der Waals surface area contributed by atoms with Gasteiger partial charge in [0, 0.05) is 13.6 Å². The maximum absolute atomic E-state index is 12.6. The van der Waals surface area contributed by atoms with Crippen molar-refractivity contribution < 1.29 is 18.3 Å². The lowest BCUT2D eigenvalue weighted by Gasteiger charge is -2.20. The zero-order valence-corrected chi connectivity index (χ0v) is 10.2. The predicted molar refractivity (Wildman–Crippen MR) is 63.2 cm³/mol. The van der Waals surface area contributed by atoms with E-state index in [9.17, 15) is 13.2 Å². The van der Waals surface area contributed by atoms with Gasteiger partial charge in [0.1, 0.15) is 11.6 Å². The van der Waals surface area contributed by atoms with Crippen LogP contribution < -0.4 is 10.6 Å². The molecule has 3 N–H and O–H groups in total. The van der Waals surface area contributed by atoms with Gasteiger partial charge in [-0.05, 0) is 25.5 Å². The van der Waals surface area contributed by atoms with Gasteiger partial charge in [-0.15, -0.1) is 0 Å². The number of nitrogens with two attached hydrogens (primary N) is 1. The highest BCUT2D eigenvalue weighted by atomic mass is 19.4. The molecule has 102 valence electrons. The molecule has 0 saturated heterocycles. The van der Waals surface area contributed by atoms with Crippen LogP contribution in [0.4, 0.5) is 24.8 Å². The number of anilines is 2. The third-order valence-electron chi connectivity index (χ3n) is 2.43. The Kier molecular flexibility index (Phi) is 4.39. The summed E-state index contributed by atoms with van der Waals surface area (Å²) in [5, 5.41) is 9.13. The molecular weight excluding hydrogens is 247 g/mol. The highest BCUT2D eigenvalue weighted by molar-refractivity contribution is 5.48. The van der Waals surface area contributed by atoms with Gasteiger partial charge in [-0.2, -0.15) is 13.2 Å². The predicted octanol–water partition coefficient (Wildman–Crippen LogP) is 1.89. The molecule has 0 bridgehead atoms. The van der Waals surface area contributed by atoms with Crippen molar-refractivity contribution in [2.75, 3.05) is 24.2 Å². The zero-order chi connectivity index (χ0) is 13.9. The molecule has 4 nitrogen and oxygen atoms in total. The smallest absolute Gasteiger partial charge is 0.393 e. The third kappa shape index (κ3) is 4.06. The minimum Gasteiger partial charge on any atom is -0.393 e. The number of rotatable bonds is 4. The Morgan fingerprint density at radius 1 is 1.44 bits per heavy atom. The number of aliphatic hydroxyl groups excluding tert-OH is 1. The summed E-state index contributed by atoms with van der Waals surface area (Å²) < 4.78 is 37.8. The molecule has 1 atom stereocenters. The van der Waals surface area contributed by atoms with Crippen LogP contribution in [0.5, 0.6) is 0 Å². The molecule has 0 aliphatic carbocycles. The zero-order valence-electron chi connectivity index (χ0n) is 10.2. The number of hydrogen-bond donors (Lipinski definition) is 2. The largest absolute Gasteiger partial charge is 0.416 e. The molecule has 0 saturated carbocycles. The molecule has 1 aromatic heterocycles. The lowest BCUT2D eigenvalue weighted by molar-refractivity contribution is -0.137. The van der Waals surface area contributed by atoms with Crippen molar-refractivity contribution in [3.63, 3.8) is 0 Å². The average Bonchev–Trinajstić information content (AvgIpc) is 2.23. The molecule has 0 amide bonds. The average molecular weight is 263 g/mol. The van der Waals surface area contributed by atoms with Gasteiger partial charge < -0.3 is 15.7 Å². The van der Waals surface area contributed by atoms with Crippen LogP contribution in [0.1, 0.15) is 18.9 Å². The monoisotopic (exact) mass is 263 g/mol. The van der Waals surface area contributed by atoms with Crippen LogP contribution >= 0.6 is 0 Å². The van der Waals surface area contributed by atoms with Gasteiger partial charge in [0.15, 0.2) is 0 Å². The van der Waals surface area contributed by atoms with Crippen molar-refractivity contribution in [3.05, 3.63) is 17.7 Å². The molecule has 1 unspecified atom stereocenters. The normalized spacial score (nSPS) is 13.4. The maximum Gasteiger partial charge on any atom is 0.416 e. The second-order valence-electron chi connectivity index (χ2n) is 4.20. The molecule has 7 heteroatoms. The summed E-state index contributed by atoms with van der Waals surface area (Å²) in [5.74, 6) is -0.0355. The number of nitrogen functional groups attached to an aromatic ring is 1. The van der Waals surface area contributed by atoms with Crippen LogP contribution in [0.25, 0.3) is 0 Å². The molecule has 0 radical (unpaired) electrons. The van der Waals surface area contributed by atoms with E-state index in [1.165, 1.54) is 4.90 Å². The lowest BCUT2D eigenvalue weighted by atomic mass is 10.2. The van der Waals surface area contributed by atoms with E-state index in [0.29, 0.717) is 13.0 Å². The van der Waals surface area contributed by atoms with Crippen molar-refractivity contribution in [1.29, 1.82) is 0 Å². The molecular formula is C11H16F3N3O. The molecule has 1 rings (SSSR count). The summed E-state index contributed by atoms with van der Waals surface area (Å²) in [5.41, 5.74) is 4.54. The van der Waals surface area contributed by atoms with Crippen LogP contribution in [-0.2, 0) is 6.18 Å². The quantitative estimate of drug-likeness (QED) is 0.870. The van der Waals surface area contributed by atoms with Crippen LogP contribution in [0.3, 0.4) is 0 Å². The number of nitrogens with zero attached hydrogens (tertiary/aromatic N) is 2. The Labute approximate surface area is 103 Å². The lowest BCUT2D eigenvalue weighted by Crippen LogP contribution is -2.23. The summed E-state index contributed by atoms with van der Waals surface area (Å²) in [6, 6.07) is 1.74. The van der Waals surface area contributed by atoms with Gasteiger partial charge in [-0.1, -0.05) is 0 Å². The standard InChI is InChI=1S/C11H16F3N3O/c1-7(18)3-4-17(2)10-6-8(11(12,13)14)5-9(15)16-10/h5-7,18H,3-4H2,1-2H3,(H2,15,16). The van der Waals surface area contributed by atoms with Crippen LogP contribution in [0.15, 0.2) is 12.1 Å². The van der Waals surface area contributed by atoms with Crippen molar-refractivity contribution in [1.82, 2.24) is 4.98 Å². The summed E-state index contributed by atoms with van der Waals surface area (Å²) in [7, 11) is 1.60.